The number of carbonyl (C=O) groups is 1. The van der Waals surface area contributed by atoms with E-state index in [1.807, 2.05) is 23.2 Å². The molecule has 1 N–H and O–H groups in total. The molecule has 1 aliphatic heterocycles. The number of para-hydroxylation sites is 1. The summed E-state index contributed by atoms with van der Waals surface area (Å²) in [7, 11) is 1.37. The number of nitrogens with one attached hydrogen (secondary N) is 1. The van der Waals surface area contributed by atoms with E-state index in [0.29, 0.717) is 0 Å². The molecule has 0 atom stereocenters. The van der Waals surface area contributed by atoms with Crippen molar-refractivity contribution in [1.29, 1.82) is 0 Å². The number of carbonyl (C=O) groups excluding carboxylic acids is 1. The van der Waals surface area contributed by atoms with Gasteiger partial charge >= 0.3 is 6.09 Å². The summed E-state index contributed by atoms with van der Waals surface area (Å²) < 4.78 is 4.58. The van der Waals surface area contributed by atoms with Crippen LogP contribution in [0.15, 0.2) is 24.3 Å². The molecule has 0 saturated carbocycles. The van der Waals surface area contributed by atoms with Crippen LogP contribution in [0, 0.1) is 0 Å². The summed E-state index contributed by atoms with van der Waals surface area (Å²) in [6.45, 7) is 0.826. The number of fused-ring (bicyclic) bond motifs is 1. The fraction of sp³-hybridized carbons (Fsp3) is 0.364. The Morgan fingerprint density at radius 1 is 1.47 bits per heavy atom. The maximum absolute atomic E-state index is 11.1. The van der Waals surface area contributed by atoms with Crippen molar-refractivity contribution in [2.45, 2.75) is 12.8 Å². The second-order valence-electron chi connectivity index (χ2n) is 3.49. The van der Waals surface area contributed by atoms with Gasteiger partial charge in [0, 0.05) is 6.54 Å². The van der Waals surface area contributed by atoms with Crippen LogP contribution in [0.5, 0.6) is 0 Å². The molecule has 1 aromatic rings. The van der Waals surface area contributed by atoms with Crippen LogP contribution >= 0.6 is 0 Å². The second-order valence-corrected chi connectivity index (χ2v) is 3.49. The molecule has 0 radical (unpaired) electrons. The number of benzene rings is 1. The third-order valence-corrected chi connectivity index (χ3v) is 2.52. The molecule has 15 heavy (non-hydrogen) atoms. The Morgan fingerprint density at radius 2 is 2.27 bits per heavy atom. The first-order chi connectivity index (χ1) is 7.31. The van der Waals surface area contributed by atoms with Gasteiger partial charge in [-0.25, -0.2) is 10.2 Å². The highest BCUT2D eigenvalue weighted by atomic mass is 16.5. The maximum Gasteiger partial charge on any atom is 0.425 e. The van der Waals surface area contributed by atoms with Crippen LogP contribution in [0.2, 0.25) is 0 Å². The molecule has 4 heteroatoms. The molecule has 1 aromatic carbocycles. The highest BCUT2D eigenvalue weighted by Gasteiger charge is 2.17. The summed E-state index contributed by atoms with van der Waals surface area (Å²) in [4.78, 5) is 11.1. The standard InChI is InChI=1S/C11H14N2O2/c1-15-11(14)12-13-8-4-6-9-5-2-3-7-10(9)13/h2-3,5,7H,4,6,8H2,1H3,(H,12,14). The normalized spacial score (nSPS) is 14.3. The van der Waals surface area contributed by atoms with E-state index in [4.69, 9.17) is 0 Å². The molecule has 1 amide bonds. The molecule has 1 aliphatic rings. The lowest BCUT2D eigenvalue weighted by atomic mass is 10.0. The van der Waals surface area contributed by atoms with Gasteiger partial charge in [-0.3, -0.25) is 5.01 Å². The van der Waals surface area contributed by atoms with Crippen LogP contribution in [0.4, 0.5) is 10.5 Å². The number of aryl methyl sites for hydroxylation is 1. The number of rotatable bonds is 1. The number of hydrogen-bond acceptors (Lipinski definition) is 3. The topological polar surface area (TPSA) is 41.6 Å². The third-order valence-electron chi connectivity index (χ3n) is 2.52. The smallest absolute Gasteiger partial charge is 0.425 e. The number of methoxy groups -OCH3 is 1. The SMILES string of the molecule is COC(=O)NN1CCCc2ccccc21. The summed E-state index contributed by atoms with van der Waals surface area (Å²) in [5.41, 5.74) is 5.02. The van der Waals surface area contributed by atoms with E-state index in [0.717, 1.165) is 25.1 Å². The Bertz CT molecular complexity index is 365. The molecule has 0 bridgehead atoms. The van der Waals surface area contributed by atoms with Gasteiger partial charge in [0.2, 0.25) is 0 Å². The van der Waals surface area contributed by atoms with E-state index < -0.39 is 6.09 Å². The first-order valence-corrected chi connectivity index (χ1v) is 5.01. The van der Waals surface area contributed by atoms with E-state index in [-0.39, 0.29) is 0 Å². The number of nitrogens with zero attached hydrogens (tertiary/aromatic N) is 1. The summed E-state index contributed by atoms with van der Waals surface area (Å²) >= 11 is 0. The zero-order valence-electron chi connectivity index (χ0n) is 8.69. The molecular weight excluding hydrogens is 192 g/mol. The predicted octanol–water partition coefficient (Wildman–Crippen LogP) is 1.71. The Balaban J connectivity index is 2.18. The molecule has 4 nitrogen and oxygen atoms in total. The molecule has 0 aromatic heterocycles. The molecule has 0 fully saturated rings. The largest absolute Gasteiger partial charge is 0.452 e. The Hall–Kier alpha value is -1.71. The molecular formula is C11H14N2O2. The minimum atomic E-state index is -0.424. The monoisotopic (exact) mass is 206 g/mol. The number of hydrogen-bond donors (Lipinski definition) is 1. The van der Waals surface area contributed by atoms with Crippen molar-refractivity contribution in [3.05, 3.63) is 29.8 Å². The summed E-state index contributed by atoms with van der Waals surface area (Å²) in [6.07, 6.45) is 1.68. The number of hydrazine groups is 1. The minimum Gasteiger partial charge on any atom is -0.452 e. The van der Waals surface area contributed by atoms with Crippen LogP contribution in [0.3, 0.4) is 0 Å². The lowest BCUT2D eigenvalue weighted by Crippen LogP contribution is -2.45. The lowest BCUT2D eigenvalue weighted by molar-refractivity contribution is 0.169. The molecule has 0 saturated heterocycles. The Kier molecular flexibility index (Phi) is 2.76. The third kappa shape index (κ3) is 2.03. The average Bonchev–Trinajstić information content (AvgIpc) is 2.29. The first-order valence-electron chi connectivity index (χ1n) is 5.01. The number of anilines is 1. The van der Waals surface area contributed by atoms with Crippen molar-refractivity contribution in [1.82, 2.24) is 5.43 Å². The fourth-order valence-electron chi connectivity index (χ4n) is 1.81. The first kappa shape index (κ1) is 9.83. The van der Waals surface area contributed by atoms with Crippen molar-refractivity contribution in [2.24, 2.45) is 0 Å². The highest BCUT2D eigenvalue weighted by Crippen LogP contribution is 2.24. The zero-order chi connectivity index (χ0) is 10.7. The second kappa shape index (κ2) is 4.21. The number of amides is 1. The van der Waals surface area contributed by atoms with E-state index in [1.54, 1.807) is 0 Å². The maximum atomic E-state index is 11.1. The van der Waals surface area contributed by atoms with Gasteiger partial charge in [0.25, 0.3) is 0 Å². The van der Waals surface area contributed by atoms with Crippen molar-refractivity contribution >= 4 is 11.8 Å². The van der Waals surface area contributed by atoms with Crippen molar-refractivity contribution < 1.29 is 9.53 Å². The van der Waals surface area contributed by atoms with Gasteiger partial charge in [-0.15, -0.1) is 0 Å². The van der Waals surface area contributed by atoms with E-state index in [2.05, 4.69) is 16.2 Å². The summed E-state index contributed by atoms with van der Waals surface area (Å²) in [5.74, 6) is 0. The van der Waals surface area contributed by atoms with Crippen LogP contribution in [-0.4, -0.2) is 19.7 Å². The van der Waals surface area contributed by atoms with E-state index in [9.17, 15) is 4.79 Å². The van der Waals surface area contributed by atoms with Crippen LogP contribution in [-0.2, 0) is 11.2 Å². The molecule has 0 spiro atoms. The van der Waals surface area contributed by atoms with Crippen LogP contribution < -0.4 is 10.4 Å². The Morgan fingerprint density at radius 3 is 3.07 bits per heavy atom. The fourth-order valence-corrected chi connectivity index (χ4v) is 1.81. The van der Waals surface area contributed by atoms with Gasteiger partial charge in [-0.05, 0) is 24.5 Å². The molecule has 0 aliphatic carbocycles. The van der Waals surface area contributed by atoms with E-state index in [1.165, 1.54) is 12.7 Å². The van der Waals surface area contributed by atoms with Crippen molar-refractivity contribution in [3.8, 4) is 0 Å². The lowest BCUT2D eigenvalue weighted by Gasteiger charge is -2.30. The zero-order valence-corrected chi connectivity index (χ0v) is 8.69. The van der Waals surface area contributed by atoms with Gasteiger partial charge in [0.1, 0.15) is 0 Å². The van der Waals surface area contributed by atoms with Crippen LogP contribution in [0.25, 0.3) is 0 Å². The van der Waals surface area contributed by atoms with Gasteiger partial charge in [-0.1, -0.05) is 18.2 Å². The summed E-state index contributed by atoms with van der Waals surface area (Å²) in [6, 6.07) is 8.07. The highest BCUT2D eigenvalue weighted by molar-refractivity contribution is 5.71. The quantitative estimate of drug-likeness (QED) is 0.760. The minimum absolute atomic E-state index is 0.424. The van der Waals surface area contributed by atoms with Gasteiger partial charge in [0.05, 0.1) is 12.8 Å². The van der Waals surface area contributed by atoms with Gasteiger partial charge < -0.3 is 4.74 Å². The van der Waals surface area contributed by atoms with Gasteiger partial charge in [-0.2, -0.15) is 0 Å². The average molecular weight is 206 g/mol. The predicted molar refractivity (Wildman–Crippen MR) is 57.6 cm³/mol. The molecule has 0 unspecified atom stereocenters. The molecule has 80 valence electrons. The summed E-state index contributed by atoms with van der Waals surface area (Å²) in [5, 5.41) is 1.84. The van der Waals surface area contributed by atoms with Crippen LogP contribution in [0.1, 0.15) is 12.0 Å². The Labute approximate surface area is 88.8 Å². The van der Waals surface area contributed by atoms with E-state index >= 15 is 0 Å². The molecule has 1 heterocycles. The van der Waals surface area contributed by atoms with Gasteiger partial charge in [0.15, 0.2) is 0 Å². The van der Waals surface area contributed by atoms with Crippen molar-refractivity contribution in [2.75, 3.05) is 18.7 Å². The van der Waals surface area contributed by atoms with Crippen molar-refractivity contribution in [3.63, 3.8) is 0 Å². The number of ether oxygens (including phenoxy) is 1. The molecule has 2 rings (SSSR count).